The van der Waals surface area contributed by atoms with E-state index in [1.165, 1.54) is 24.3 Å². The van der Waals surface area contributed by atoms with Gasteiger partial charge in [-0.05, 0) is 59.5 Å². The number of anilines is 3. The molecule has 3 rings (SSSR count). The van der Waals surface area contributed by atoms with Crippen LogP contribution in [-0.2, 0) is 30.3 Å². The van der Waals surface area contributed by atoms with E-state index in [0.717, 1.165) is 16.1 Å². The molecule has 0 aliphatic carbocycles. The van der Waals surface area contributed by atoms with Crippen LogP contribution in [-0.4, -0.2) is 35.5 Å². The van der Waals surface area contributed by atoms with Crippen molar-refractivity contribution in [2.75, 3.05) is 27.1 Å². The van der Waals surface area contributed by atoms with Gasteiger partial charge in [-0.3, -0.25) is 13.8 Å². The molecule has 0 bridgehead atoms. The molecule has 3 aromatic rings. The Morgan fingerprint density at radius 3 is 2.00 bits per heavy atom. The van der Waals surface area contributed by atoms with E-state index >= 15 is 0 Å². The van der Waals surface area contributed by atoms with Gasteiger partial charge >= 0.3 is 0 Å². The molecule has 2 N–H and O–H groups in total. The predicted octanol–water partition coefficient (Wildman–Crippen LogP) is 4.84. The molecular weight excluding hydrogens is 522 g/mol. The third-order valence-electron chi connectivity index (χ3n) is 5.28. The predicted molar refractivity (Wildman–Crippen MR) is 145 cm³/mol. The fraction of sp³-hybridized carbons (Fsp3) is 0.240. The first kappa shape index (κ1) is 27.5. The average Bonchev–Trinajstić information content (AvgIpc) is 2.78. The molecule has 0 aliphatic rings. The van der Waals surface area contributed by atoms with Gasteiger partial charge in [-0.15, -0.1) is 0 Å². The number of nitrogens with zero attached hydrogens (tertiary/aromatic N) is 1. The highest BCUT2D eigenvalue weighted by Gasteiger charge is 2.22. The van der Waals surface area contributed by atoms with Gasteiger partial charge in [0.25, 0.3) is 10.0 Å². The minimum Gasteiger partial charge on any atom is -0.325 e. The van der Waals surface area contributed by atoms with Crippen molar-refractivity contribution in [2.24, 2.45) is 0 Å². The van der Waals surface area contributed by atoms with E-state index in [2.05, 4.69) is 10.0 Å². The van der Waals surface area contributed by atoms with Crippen molar-refractivity contribution in [1.82, 2.24) is 0 Å². The van der Waals surface area contributed by atoms with Crippen molar-refractivity contribution in [3.05, 3.63) is 83.4 Å². The summed E-state index contributed by atoms with van der Waals surface area (Å²) in [5.74, 6) is -0.579. The number of amides is 1. The Hall–Kier alpha value is -3.08. The van der Waals surface area contributed by atoms with Crippen LogP contribution in [0.2, 0.25) is 5.02 Å². The Bertz CT molecular complexity index is 1450. The molecule has 3 aromatic carbocycles. The van der Waals surface area contributed by atoms with Crippen LogP contribution < -0.4 is 14.3 Å². The number of hydrogen-bond donors (Lipinski definition) is 2. The van der Waals surface area contributed by atoms with E-state index in [1.54, 1.807) is 36.4 Å². The quantitative estimate of drug-likeness (QED) is 0.417. The number of rotatable bonds is 8. The van der Waals surface area contributed by atoms with Crippen molar-refractivity contribution < 1.29 is 21.6 Å². The lowest BCUT2D eigenvalue weighted by atomic mass is 9.87. The molecule has 8 nitrogen and oxygen atoms in total. The summed E-state index contributed by atoms with van der Waals surface area (Å²) >= 11 is 6.02. The first-order valence-corrected chi connectivity index (χ1v) is 14.6. The Labute approximate surface area is 217 Å². The van der Waals surface area contributed by atoms with Gasteiger partial charge in [0.15, 0.2) is 0 Å². The molecule has 0 saturated heterocycles. The second kappa shape index (κ2) is 10.5. The van der Waals surface area contributed by atoms with Crippen LogP contribution in [0.15, 0.2) is 77.7 Å². The van der Waals surface area contributed by atoms with E-state index < -0.39 is 32.5 Å². The molecule has 0 atom stereocenters. The van der Waals surface area contributed by atoms with Crippen molar-refractivity contribution in [3.63, 3.8) is 0 Å². The molecule has 0 fully saturated rings. The number of carbonyl (C=O) groups excluding carboxylic acids is 1. The molecule has 0 aromatic heterocycles. The minimum atomic E-state index is -3.90. The molecule has 0 unspecified atom stereocenters. The number of nitrogens with one attached hydrogen (secondary N) is 2. The highest BCUT2D eigenvalue weighted by Crippen LogP contribution is 2.27. The molecule has 0 spiro atoms. The van der Waals surface area contributed by atoms with E-state index in [9.17, 15) is 21.6 Å². The Balaban J connectivity index is 1.72. The van der Waals surface area contributed by atoms with Gasteiger partial charge in [-0.2, -0.15) is 0 Å². The lowest BCUT2D eigenvalue weighted by Crippen LogP contribution is -2.37. The molecule has 11 heteroatoms. The van der Waals surface area contributed by atoms with Gasteiger partial charge in [0, 0.05) is 5.69 Å². The van der Waals surface area contributed by atoms with Crippen molar-refractivity contribution in [3.8, 4) is 0 Å². The third kappa shape index (κ3) is 6.99. The monoisotopic (exact) mass is 549 g/mol. The Morgan fingerprint density at radius 2 is 1.47 bits per heavy atom. The van der Waals surface area contributed by atoms with E-state index in [1.807, 2.05) is 32.9 Å². The molecule has 1 amide bonds. The van der Waals surface area contributed by atoms with Gasteiger partial charge in [0.1, 0.15) is 6.54 Å². The molecule has 36 heavy (non-hydrogen) atoms. The smallest absolute Gasteiger partial charge is 0.261 e. The topological polar surface area (TPSA) is 113 Å². The third-order valence-corrected chi connectivity index (χ3v) is 8.13. The van der Waals surface area contributed by atoms with Crippen molar-refractivity contribution in [1.29, 1.82) is 0 Å². The summed E-state index contributed by atoms with van der Waals surface area (Å²) in [4.78, 5) is 12.6. The van der Waals surface area contributed by atoms with Crippen molar-refractivity contribution >= 4 is 54.6 Å². The van der Waals surface area contributed by atoms with Crippen LogP contribution in [0.4, 0.5) is 17.1 Å². The zero-order chi connectivity index (χ0) is 26.7. The second-order valence-corrected chi connectivity index (χ2v) is 13.2. The summed E-state index contributed by atoms with van der Waals surface area (Å²) in [6.45, 7) is 5.70. The Kier molecular flexibility index (Phi) is 8.02. The van der Waals surface area contributed by atoms with Crippen LogP contribution in [0.5, 0.6) is 0 Å². The summed E-state index contributed by atoms with van der Waals surface area (Å²) in [6, 6.07) is 18.9. The van der Waals surface area contributed by atoms with Crippen LogP contribution in [0.25, 0.3) is 0 Å². The van der Waals surface area contributed by atoms with Crippen LogP contribution >= 0.6 is 11.6 Å². The lowest BCUT2D eigenvalue weighted by molar-refractivity contribution is -0.114. The van der Waals surface area contributed by atoms with Crippen LogP contribution in [0.1, 0.15) is 26.3 Å². The molecule has 0 heterocycles. The summed E-state index contributed by atoms with van der Waals surface area (Å²) in [5, 5.41) is 2.86. The lowest BCUT2D eigenvalue weighted by Gasteiger charge is -2.24. The minimum absolute atomic E-state index is 0.0304. The summed E-state index contributed by atoms with van der Waals surface area (Å²) in [5.41, 5.74) is 1.85. The van der Waals surface area contributed by atoms with Gasteiger partial charge < -0.3 is 5.32 Å². The number of carbonyl (C=O) groups is 1. The van der Waals surface area contributed by atoms with Crippen molar-refractivity contribution in [2.45, 2.75) is 31.1 Å². The summed E-state index contributed by atoms with van der Waals surface area (Å²) in [7, 11) is -7.64. The molecular formula is C25H28ClN3O5S2. The molecule has 0 radical (unpaired) electrons. The number of halogens is 1. The zero-order valence-electron chi connectivity index (χ0n) is 20.3. The number of sulfonamides is 2. The zero-order valence-corrected chi connectivity index (χ0v) is 22.7. The molecule has 192 valence electrons. The number of hydrogen-bond acceptors (Lipinski definition) is 5. The maximum Gasteiger partial charge on any atom is 0.261 e. The number of benzene rings is 3. The Morgan fingerprint density at radius 1 is 0.889 bits per heavy atom. The molecule has 0 aliphatic heterocycles. The van der Waals surface area contributed by atoms with E-state index in [0.29, 0.717) is 11.4 Å². The highest BCUT2D eigenvalue weighted by molar-refractivity contribution is 7.92. The maximum atomic E-state index is 12.7. The summed E-state index contributed by atoms with van der Waals surface area (Å²) < 4.78 is 53.5. The van der Waals surface area contributed by atoms with E-state index in [4.69, 9.17) is 11.6 Å². The average molecular weight is 550 g/mol. The SMILES string of the molecule is CC(C)(C)c1ccc(N(CC(=O)Nc2ccc(S(=O)(=O)Nc3ccccc3Cl)cc2)S(C)(=O)=O)cc1. The van der Waals surface area contributed by atoms with E-state index in [-0.39, 0.29) is 21.0 Å². The van der Waals surface area contributed by atoms with Crippen LogP contribution in [0.3, 0.4) is 0 Å². The van der Waals surface area contributed by atoms with Gasteiger partial charge in [-0.25, -0.2) is 16.8 Å². The standard InChI is InChI=1S/C25H28ClN3O5S2/c1-25(2,3)18-9-13-20(14-10-18)29(35(4,31)32)17-24(30)27-19-11-15-21(16-12-19)36(33,34)28-23-8-6-5-7-22(23)26/h5-16,28H,17H2,1-4H3,(H,27,30). The normalized spacial score (nSPS) is 12.1. The molecule has 0 saturated carbocycles. The maximum absolute atomic E-state index is 12.7. The van der Waals surface area contributed by atoms with Gasteiger partial charge in [0.05, 0.1) is 27.5 Å². The largest absolute Gasteiger partial charge is 0.325 e. The first-order valence-electron chi connectivity index (χ1n) is 10.9. The summed E-state index contributed by atoms with van der Waals surface area (Å²) in [6.07, 6.45) is 1.03. The van der Waals surface area contributed by atoms with Gasteiger partial charge in [-0.1, -0.05) is 56.6 Å². The fourth-order valence-corrected chi connectivity index (χ4v) is 5.50. The fourth-order valence-electron chi connectivity index (χ4n) is 3.32. The highest BCUT2D eigenvalue weighted by atomic mass is 35.5. The first-order chi connectivity index (χ1) is 16.7. The number of para-hydroxylation sites is 1. The van der Waals surface area contributed by atoms with Gasteiger partial charge in [0.2, 0.25) is 15.9 Å². The van der Waals surface area contributed by atoms with Crippen LogP contribution in [0, 0.1) is 0 Å². The second-order valence-electron chi connectivity index (χ2n) is 9.22.